The van der Waals surface area contributed by atoms with Crippen molar-refractivity contribution in [2.45, 2.75) is 25.0 Å². The van der Waals surface area contributed by atoms with E-state index >= 15 is 0 Å². The lowest BCUT2D eigenvalue weighted by Crippen LogP contribution is -2.44. The molecule has 144 valence electrons. The number of likely N-dealkylation sites (tertiary alicyclic amines) is 1. The molecule has 0 spiro atoms. The Hall–Kier alpha value is -3.36. The number of nitrogens with zero attached hydrogens (tertiary/aromatic N) is 5. The molecule has 0 aliphatic carbocycles. The number of hydrogen-bond donors (Lipinski definition) is 0. The minimum atomic E-state index is -0.767. The van der Waals surface area contributed by atoms with Gasteiger partial charge in [-0.3, -0.25) is 9.59 Å². The highest BCUT2D eigenvalue weighted by Crippen LogP contribution is 2.30. The smallest absolute Gasteiger partial charge is 0.316 e. The molecule has 3 heterocycles. The largest absolute Gasteiger partial charge is 0.494 e. The van der Waals surface area contributed by atoms with Crippen LogP contribution in [0.1, 0.15) is 34.8 Å². The van der Waals surface area contributed by atoms with Gasteiger partial charge < -0.3 is 14.4 Å². The van der Waals surface area contributed by atoms with Crippen LogP contribution in [0.25, 0.3) is 0 Å². The van der Waals surface area contributed by atoms with Gasteiger partial charge in [-0.1, -0.05) is 18.2 Å². The molecule has 2 aromatic rings. The minimum Gasteiger partial charge on any atom is -0.494 e. The van der Waals surface area contributed by atoms with E-state index in [0.29, 0.717) is 48.8 Å². The summed E-state index contributed by atoms with van der Waals surface area (Å²) in [4.78, 5) is 34.8. The van der Waals surface area contributed by atoms with E-state index in [9.17, 15) is 9.59 Å². The highest BCUT2D eigenvalue weighted by atomic mass is 16.5. The summed E-state index contributed by atoms with van der Waals surface area (Å²) in [5.74, 6) is 0.00210. The number of fused-ring (bicyclic) bond motifs is 1. The predicted molar refractivity (Wildman–Crippen MR) is 97.2 cm³/mol. The van der Waals surface area contributed by atoms with Gasteiger partial charge in [0.1, 0.15) is 6.10 Å². The fraction of sp³-hybridized carbons (Fsp3) is 0.368. The third kappa shape index (κ3) is 3.55. The Balaban J connectivity index is 1.38. The van der Waals surface area contributed by atoms with Crippen LogP contribution in [0.3, 0.4) is 0 Å². The van der Waals surface area contributed by atoms with Gasteiger partial charge in [0.05, 0.1) is 19.5 Å². The van der Waals surface area contributed by atoms with Gasteiger partial charge in [0.15, 0.2) is 11.8 Å². The van der Waals surface area contributed by atoms with E-state index in [1.807, 2.05) is 0 Å². The molecule has 1 aromatic carbocycles. The first-order valence-corrected chi connectivity index (χ1v) is 9.01. The molecule has 28 heavy (non-hydrogen) atoms. The summed E-state index contributed by atoms with van der Waals surface area (Å²) < 4.78 is 10.8. The lowest BCUT2D eigenvalue weighted by Gasteiger charge is -2.33. The molecule has 1 saturated heterocycles. The number of azo groups is 1. The van der Waals surface area contributed by atoms with E-state index in [-0.39, 0.29) is 12.0 Å². The topological polar surface area (TPSA) is 106 Å². The molecule has 1 unspecified atom stereocenters. The fourth-order valence-electron chi connectivity index (χ4n) is 3.33. The molecule has 0 N–H and O–H groups in total. The Morgan fingerprint density at radius 3 is 2.57 bits per heavy atom. The first-order valence-electron chi connectivity index (χ1n) is 9.01. The first-order chi connectivity index (χ1) is 13.7. The van der Waals surface area contributed by atoms with Crippen LogP contribution in [0, 0.1) is 0 Å². The zero-order chi connectivity index (χ0) is 19.5. The highest BCUT2D eigenvalue weighted by Gasteiger charge is 2.34. The lowest BCUT2D eigenvalue weighted by atomic mass is 9.97. The van der Waals surface area contributed by atoms with Gasteiger partial charge in [0.2, 0.25) is 0 Å². The quantitative estimate of drug-likeness (QED) is 0.804. The monoisotopic (exact) mass is 381 g/mol. The zero-order valence-corrected chi connectivity index (χ0v) is 15.3. The number of aromatic nitrogens is 2. The Morgan fingerprint density at radius 2 is 1.86 bits per heavy atom. The first kappa shape index (κ1) is 18.0. The Bertz CT molecular complexity index is 907. The van der Waals surface area contributed by atoms with Crippen molar-refractivity contribution in [2.24, 2.45) is 10.2 Å². The third-order valence-electron chi connectivity index (χ3n) is 4.85. The van der Waals surface area contributed by atoms with E-state index in [1.165, 1.54) is 0 Å². The number of rotatable bonds is 4. The van der Waals surface area contributed by atoms with Gasteiger partial charge >= 0.3 is 6.01 Å². The van der Waals surface area contributed by atoms with Crippen molar-refractivity contribution >= 4 is 11.8 Å². The summed E-state index contributed by atoms with van der Waals surface area (Å²) in [5.41, 5.74) is 1.04. The molecular formula is C19H19N5O4. The van der Waals surface area contributed by atoms with E-state index < -0.39 is 11.9 Å². The number of ether oxygens (including phenoxy) is 2. The molecule has 2 aliphatic heterocycles. The number of amides is 2. The molecule has 2 aliphatic rings. The van der Waals surface area contributed by atoms with Crippen molar-refractivity contribution < 1.29 is 19.1 Å². The van der Waals surface area contributed by atoms with Gasteiger partial charge in [0.25, 0.3) is 11.8 Å². The molecule has 2 amide bonds. The summed E-state index contributed by atoms with van der Waals surface area (Å²) in [7, 11) is 1.55. The van der Waals surface area contributed by atoms with E-state index in [2.05, 4.69) is 20.2 Å². The summed E-state index contributed by atoms with van der Waals surface area (Å²) in [6, 6.07) is 6.50. The Labute approximate surface area is 161 Å². The van der Waals surface area contributed by atoms with Gasteiger partial charge in [-0.2, -0.15) is 15.1 Å². The van der Waals surface area contributed by atoms with Crippen LogP contribution in [0.2, 0.25) is 0 Å². The summed E-state index contributed by atoms with van der Waals surface area (Å²) in [6.45, 7) is 1.06. The number of hydrogen-bond acceptors (Lipinski definition) is 7. The van der Waals surface area contributed by atoms with Crippen molar-refractivity contribution in [2.75, 3.05) is 20.2 Å². The molecule has 9 heteroatoms. The van der Waals surface area contributed by atoms with Crippen LogP contribution in [0.15, 0.2) is 46.9 Å². The Kier molecular flexibility index (Phi) is 4.96. The van der Waals surface area contributed by atoms with Crippen LogP contribution in [-0.4, -0.2) is 53.0 Å². The third-order valence-corrected chi connectivity index (χ3v) is 4.85. The maximum absolute atomic E-state index is 12.9. The number of piperidine rings is 1. The SMILES string of the molecule is COc1cnc(OC2CCN(C(=O)C3N=NC(=O)c4ccccc43)CC2)nc1. The number of carbonyl (C=O) groups is 2. The number of benzene rings is 1. The summed E-state index contributed by atoms with van der Waals surface area (Å²) in [5, 5.41) is 7.59. The van der Waals surface area contributed by atoms with Crippen molar-refractivity contribution in [3.8, 4) is 11.8 Å². The van der Waals surface area contributed by atoms with E-state index in [0.717, 1.165) is 0 Å². The number of carbonyl (C=O) groups excluding carboxylic acids is 2. The van der Waals surface area contributed by atoms with Gasteiger partial charge in [-0.05, 0) is 6.07 Å². The maximum atomic E-state index is 12.9. The molecule has 1 aromatic heterocycles. The van der Waals surface area contributed by atoms with E-state index in [1.54, 1.807) is 48.7 Å². The van der Waals surface area contributed by atoms with Crippen LogP contribution >= 0.6 is 0 Å². The molecule has 0 saturated carbocycles. The molecule has 0 radical (unpaired) electrons. The molecule has 1 atom stereocenters. The van der Waals surface area contributed by atoms with Crippen molar-refractivity contribution in [3.63, 3.8) is 0 Å². The van der Waals surface area contributed by atoms with Crippen LogP contribution in [0.4, 0.5) is 0 Å². The van der Waals surface area contributed by atoms with E-state index in [4.69, 9.17) is 9.47 Å². The second-order valence-corrected chi connectivity index (χ2v) is 6.56. The molecule has 4 rings (SSSR count). The maximum Gasteiger partial charge on any atom is 0.316 e. The van der Waals surface area contributed by atoms with Gasteiger partial charge in [-0.25, -0.2) is 0 Å². The average molecular weight is 381 g/mol. The van der Waals surface area contributed by atoms with Crippen LogP contribution in [0.5, 0.6) is 11.8 Å². The molecular weight excluding hydrogens is 362 g/mol. The molecule has 0 bridgehead atoms. The number of methoxy groups -OCH3 is 1. The van der Waals surface area contributed by atoms with Crippen molar-refractivity contribution in [1.29, 1.82) is 0 Å². The van der Waals surface area contributed by atoms with Crippen molar-refractivity contribution in [1.82, 2.24) is 14.9 Å². The van der Waals surface area contributed by atoms with Crippen LogP contribution in [-0.2, 0) is 4.79 Å². The zero-order valence-electron chi connectivity index (χ0n) is 15.3. The lowest BCUT2D eigenvalue weighted by molar-refractivity contribution is -0.134. The van der Waals surface area contributed by atoms with Gasteiger partial charge in [0, 0.05) is 37.1 Å². The molecule has 9 nitrogen and oxygen atoms in total. The summed E-state index contributed by atoms with van der Waals surface area (Å²) >= 11 is 0. The van der Waals surface area contributed by atoms with Crippen LogP contribution < -0.4 is 9.47 Å². The second kappa shape index (κ2) is 7.71. The minimum absolute atomic E-state index is 0.0701. The standard InChI is InChI=1S/C19H19N5O4/c1-27-13-10-20-19(21-11-13)28-12-6-8-24(9-7-12)18(26)16-14-4-2-3-5-15(14)17(25)23-22-16/h2-5,10-12,16H,6-9H2,1H3. The normalized spacial score (nSPS) is 19.2. The average Bonchev–Trinajstić information content (AvgIpc) is 2.75. The fourth-order valence-corrected chi connectivity index (χ4v) is 3.33. The van der Waals surface area contributed by atoms with Crippen molar-refractivity contribution in [3.05, 3.63) is 47.8 Å². The highest BCUT2D eigenvalue weighted by molar-refractivity contribution is 5.99. The second-order valence-electron chi connectivity index (χ2n) is 6.56. The Morgan fingerprint density at radius 1 is 1.14 bits per heavy atom. The summed E-state index contributed by atoms with van der Waals surface area (Å²) in [6.07, 6.45) is 4.35. The predicted octanol–water partition coefficient (Wildman–Crippen LogP) is 2.20. The molecule has 1 fully saturated rings. The van der Waals surface area contributed by atoms with Gasteiger partial charge in [-0.15, -0.1) is 5.11 Å².